The minimum absolute atomic E-state index is 0.00141. The van der Waals surface area contributed by atoms with Crippen LogP contribution in [0.3, 0.4) is 0 Å². The number of hydrogen-bond acceptors (Lipinski definition) is 3. The predicted octanol–water partition coefficient (Wildman–Crippen LogP) is 4.45. The van der Waals surface area contributed by atoms with E-state index in [1.165, 1.54) is 5.56 Å². The molecule has 0 amide bonds. The number of nitrogens with one attached hydrogen (secondary N) is 1. The lowest BCUT2D eigenvalue weighted by Crippen LogP contribution is -2.23. The molecular weight excluding hydrogens is 284 g/mol. The molecule has 2 unspecified atom stereocenters. The molecule has 0 saturated carbocycles. The van der Waals surface area contributed by atoms with Crippen LogP contribution in [-0.4, -0.2) is 6.54 Å². The van der Waals surface area contributed by atoms with E-state index in [4.69, 9.17) is 21.8 Å². The van der Waals surface area contributed by atoms with Crippen molar-refractivity contribution >= 4 is 11.6 Å². The Bertz CT molecular complexity index is 527. The highest BCUT2D eigenvalue weighted by Crippen LogP contribution is 2.25. The molecule has 3 N–H and O–H groups in total. The van der Waals surface area contributed by atoms with Crippen molar-refractivity contribution in [3.63, 3.8) is 0 Å². The molecule has 0 aliphatic rings. The molecule has 3 nitrogen and oxygen atoms in total. The summed E-state index contributed by atoms with van der Waals surface area (Å²) < 4.78 is 5.19. The number of benzene rings is 1. The zero-order valence-electron chi connectivity index (χ0n) is 12.4. The van der Waals surface area contributed by atoms with Gasteiger partial charge < -0.3 is 15.5 Å². The Hall–Kier alpha value is -1.29. The van der Waals surface area contributed by atoms with Crippen molar-refractivity contribution < 1.29 is 4.42 Å². The van der Waals surface area contributed by atoms with Gasteiger partial charge >= 0.3 is 0 Å². The van der Waals surface area contributed by atoms with Gasteiger partial charge in [0.25, 0.3) is 0 Å². The van der Waals surface area contributed by atoms with Crippen molar-refractivity contribution in [2.24, 2.45) is 5.73 Å². The molecule has 2 atom stereocenters. The third kappa shape index (κ3) is 4.88. The molecule has 0 aliphatic heterocycles. The quantitative estimate of drug-likeness (QED) is 0.757. The van der Waals surface area contributed by atoms with Gasteiger partial charge in [-0.1, -0.05) is 30.7 Å². The molecular formula is C17H23ClN2O. The molecule has 0 bridgehead atoms. The third-order valence-electron chi connectivity index (χ3n) is 3.63. The number of furan rings is 1. The Morgan fingerprint density at radius 1 is 1.24 bits per heavy atom. The van der Waals surface area contributed by atoms with Gasteiger partial charge in [-0.3, -0.25) is 0 Å². The Morgan fingerprint density at radius 2 is 2.10 bits per heavy atom. The Kier molecular flexibility index (Phi) is 6.30. The van der Waals surface area contributed by atoms with Crippen LogP contribution >= 0.6 is 11.6 Å². The average molecular weight is 307 g/mol. The van der Waals surface area contributed by atoms with Crippen LogP contribution in [0, 0.1) is 0 Å². The lowest BCUT2D eigenvalue weighted by atomic mass is 9.97. The van der Waals surface area contributed by atoms with Gasteiger partial charge in [-0.2, -0.15) is 0 Å². The standard InChI is InChI=1S/C17H23ClN2O/c1-2-9-20-17(14-8-10-21-12-14)7-6-16(19)13-4-3-5-15(18)11-13/h3-5,8,10-12,16-17,20H,2,6-7,9,19H2,1H3. The van der Waals surface area contributed by atoms with Gasteiger partial charge in [-0.15, -0.1) is 0 Å². The molecule has 2 aromatic rings. The number of rotatable bonds is 8. The first-order valence-corrected chi connectivity index (χ1v) is 7.85. The maximum atomic E-state index is 6.28. The topological polar surface area (TPSA) is 51.2 Å². The largest absolute Gasteiger partial charge is 0.472 e. The van der Waals surface area contributed by atoms with Gasteiger partial charge in [0.05, 0.1) is 12.5 Å². The summed E-state index contributed by atoms with van der Waals surface area (Å²) >= 11 is 6.02. The molecule has 1 aromatic heterocycles. The molecule has 0 fully saturated rings. The van der Waals surface area contributed by atoms with Crippen LogP contribution in [0.15, 0.2) is 47.3 Å². The highest BCUT2D eigenvalue weighted by molar-refractivity contribution is 6.30. The first-order chi connectivity index (χ1) is 10.2. The predicted molar refractivity (Wildman–Crippen MR) is 87.4 cm³/mol. The molecule has 4 heteroatoms. The molecule has 1 heterocycles. The molecule has 0 spiro atoms. The van der Waals surface area contributed by atoms with Crippen LogP contribution in [0.5, 0.6) is 0 Å². The molecule has 114 valence electrons. The van der Waals surface area contributed by atoms with Gasteiger partial charge in [-0.05, 0) is 49.6 Å². The van der Waals surface area contributed by atoms with Crippen LogP contribution in [0.4, 0.5) is 0 Å². The van der Waals surface area contributed by atoms with Crippen LogP contribution in [0.2, 0.25) is 5.02 Å². The van der Waals surface area contributed by atoms with E-state index in [0.29, 0.717) is 0 Å². The summed E-state index contributed by atoms with van der Waals surface area (Å²) in [7, 11) is 0. The first kappa shape index (κ1) is 16.1. The van der Waals surface area contributed by atoms with Gasteiger partial charge in [0, 0.05) is 22.7 Å². The molecule has 0 radical (unpaired) electrons. The monoisotopic (exact) mass is 306 g/mol. The van der Waals surface area contributed by atoms with Crippen LogP contribution in [0.1, 0.15) is 49.4 Å². The summed E-state index contributed by atoms with van der Waals surface area (Å²) in [5.74, 6) is 0. The highest BCUT2D eigenvalue weighted by atomic mass is 35.5. The fourth-order valence-electron chi connectivity index (χ4n) is 2.43. The zero-order valence-corrected chi connectivity index (χ0v) is 13.1. The second kappa shape index (κ2) is 8.23. The molecule has 21 heavy (non-hydrogen) atoms. The van der Waals surface area contributed by atoms with E-state index >= 15 is 0 Å². The fraction of sp³-hybridized carbons (Fsp3) is 0.412. The van der Waals surface area contributed by atoms with E-state index < -0.39 is 0 Å². The maximum absolute atomic E-state index is 6.28. The van der Waals surface area contributed by atoms with Gasteiger partial charge in [-0.25, -0.2) is 0 Å². The Balaban J connectivity index is 1.94. The van der Waals surface area contributed by atoms with Crippen molar-refractivity contribution in [2.45, 2.75) is 38.3 Å². The van der Waals surface area contributed by atoms with Crippen molar-refractivity contribution in [1.29, 1.82) is 0 Å². The van der Waals surface area contributed by atoms with Crippen molar-refractivity contribution in [3.8, 4) is 0 Å². The van der Waals surface area contributed by atoms with E-state index in [-0.39, 0.29) is 12.1 Å². The summed E-state index contributed by atoms with van der Waals surface area (Å²) in [6, 6.07) is 10.1. The third-order valence-corrected chi connectivity index (χ3v) is 3.86. The molecule has 2 rings (SSSR count). The van der Waals surface area contributed by atoms with E-state index in [1.807, 2.05) is 30.3 Å². The van der Waals surface area contributed by atoms with E-state index in [2.05, 4.69) is 12.2 Å². The van der Waals surface area contributed by atoms with Gasteiger partial charge in [0.1, 0.15) is 0 Å². The van der Waals surface area contributed by atoms with Crippen molar-refractivity contribution in [2.75, 3.05) is 6.54 Å². The second-order valence-corrected chi connectivity index (χ2v) is 5.74. The van der Waals surface area contributed by atoms with Crippen molar-refractivity contribution in [3.05, 3.63) is 59.0 Å². The summed E-state index contributed by atoms with van der Waals surface area (Å²) in [5.41, 5.74) is 8.55. The van der Waals surface area contributed by atoms with Gasteiger partial charge in [0.15, 0.2) is 0 Å². The SMILES string of the molecule is CCCNC(CCC(N)c1cccc(Cl)c1)c1ccoc1. The normalized spacial score (nSPS) is 14.0. The van der Waals surface area contributed by atoms with Gasteiger partial charge in [0.2, 0.25) is 0 Å². The number of nitrogens with two attached hydrogens (primary N) is 1. The van der Waals surface area contributed by atoms with E-state index in [0.717, 1.165) is 36.4 Å². The first-order valence-electron chi connectivity index (χ1n) is 7.47. The minimum Gasteiger partial charge on any atom is -0.472 e. The summed E-state index contributed by atoms with van der Waals surface area (Å²) in [6.07, 6.45) is 6.49. The smallest absolute Gasteiger partial charge is 0.0950 e. The maximum Gasteiger partial charge on any atom is 0.0950 e. The second-order valence-electron chi connectivity index (χ2n) is 5.30. The number of hydrogen-bond donors (Lipinski definition) is 2. The Labute approximate surface area is 131 Å². The number of halogens is 1. The van der Waals surface area contributed by atoms with Crippen LogP contribution < -0.4 is 11.1 Å². The lowest BCUT2D eigenvalue weighted by Gasteiger charge is -2.20. The van der Waals surface area contributed by atoms with E-state index in [9.17, 15) is 0 Å². The zero-order chi connectivity index (χ0) is 15.1. The average Bonchev–Trinajstić information content (AvgIpc) is 3.01. The summed E-state index contributed by atoms with van der Waals surface area (Å²) in [5, 5.41) is 4.28. The van der Waals surface area contributed by atoms with E-state index in [1.54, 1.807) is 12.5 Å². The Morgan fingerprint density at radius 3 is 2.76 bits per heavy atom. The molecule has 0 saturated heterocycles. The van der Waals surface area contributed by atoms with Crippen molar-refractivity contribution in [1.82, 2.24) is 5.32 Å². The fourth-order valence-corrected chi connectivity index (χ4v) is 2.63. The molecule has 1 aromatic carbocycles. The minimum atomic E-state index is 0.00141. The highest BCUT2D eigenvalue weighted by Gasteiger charge is 2.15. The van der Waals surface area contributed by atoms with Crippen LogP contribution in [0.25, 0.3) is 0 Å². The molecule has 0 aliphatic carbocycles. The lowest BCUT2D eigenvalue weighted by molar-refractivity contribution is 0.454. The van der Waals surface area contributed by atoms with Crippen LogP contribution in [-0.2, 0) is 0 Å². The summed E-state index contributed by atoms with van der Waals surface area (Å²) in [6.45, 7) is 3.15. The summed E-state index contributed by atoms with van der Waals surface area (Å²) in [4.78, 5) is 0.